The minimum Gasteiger partial charge on any atom is -0.464 e. The van der Waals surface area contributed by atoms with Crippen molar-refractivity contribution in [1.82, 2.24) is 35.1 Å². The van der Waals surface area contributed by atoms with Gasteiger partial charge >= 0.3 is 5.97 Å². The van der Waals surface area contributed by atoms with Crippen LogP contribution >= 0.6 is 0 Å². The normalized spacial score (nSPS) is 20.4. The number of carbonyl (C=O) groups is 5. The molecule has 3 N–H and O–H groups in total. The summed E-state index contributed by atoms with van der Waals surface area (Å²) in [5.74, 6) is -2.93. The van der Waals surface area contributed by atoms with Crippen molar-refractivity contribution in [2.45, 2.75) is 117 Å². The molecule has 2 aromatic heterocycles. The van der Waals surface area contributed by atoms with Crippen LogP contribution in [0.1, 0.15) is 91.5 Å². The highest BCUT2D eigenvalue weighted by molar-refractivity contribution is 5.96. The number of aliphatic hydroxyl groups is 1. The van der Waals surface area contributed by atoms with E-state index in [9.17, 15) is 29.1 Å². The molecule has 0 aliphatic carbocycles. The SMILES string of the molecule is C=CC(=O)N1CC[C@](O)(C(=O)N(C)C(C(=O)N[C@@H](CC)C(=O)N2CCC[C@@H](C(=O)OCC(C)(C)Cc3c(-c4cccnc4[C@H](C)OC)n(CC)c4ccc(N5CCOCC5)cc34)N2)C(C)C)C1. The Bertz CT molecular complexity index is 2290. The number of carbonyl (C=O) groups excluding carboxylic acids is 5. The Balaban J connectivity index is 1.15. The lowest BCUT2D eigenvalue weighted by atomic mass is 9.84. The van der Waals surface area contributed by atoms with Gasteiger partial charge in [-0.3, -0.25) is 34.0 Å². The van der Waals surface area contributed by atoms with Crippen LogP contribution in [0.15, 0.2) is 49.2 Å². The van der Waals surface area contributed by atoms with Gasteiger partial charge in [-0.15, -0.1) is 0 Å². The number of amides is 4. The maximum absolute atomic E-state index is 14.0. The molecule has 1 aromatic carbocycles. The van der Waals surface area contributed by atoms with Gasteiger partial charge in [0.25, 0.3) is 11.8 Å². The smallest absolute Gasteiger partial charge is 0.324 e. The first-order valence-corrected chi connectivity index (χ1v) is 23.8. The molecule has 0 spiro atoms. The number of nitrogens with zero attached hydrogens (tertiary/aromatic N) is 6. The lowest BCUT2D eigenvalue weighted by Crippen LogP contribution is -2.62. The summed E-state index contributed by atoms with van der Waals surface area (Å²) in [7, 11) is 3.13. The number of aryl methyl sites for hydroxylation is 1. The number of rotatable bonds is 18. The number of hydrogen-bond acceptors (Lipinski definition) is 12. The number of β-amino-alcohol motifs (C(OH)–C–C–N with tert-alkyl or cyclic N) is 1. The number of hydrazine groups is 1. The molecule has 6 rings (SSSR count). The third kappa shape index (κ3) is 11.2. The molecular weight excluding hydrogens is 857 g/mol. The topological polar surface area (TPSA) is 188 Å². The molecule has 17 heteroatoms. The first-order valence-electron chi connectivity index (χ1n) is 23.8. The summed E-state index contributed by atoms with van der Waals surface area (Å²) in [5.41, 5.74) is 6.94. The van der Waals surface area contributed by atoms with Gasteiger partial charge in [-0.1, -0.05) is 41.2 Å². The third-order valence-electron chi connectivity index (χ3n) is 13.5. The van der Waals surface area contributed by atoms with Crippen LogP contribution in [0.3, 0.4) is 0 Å². The molecule has 5 atom stereocenters. The molecule has 0 saturated carbocycles. The fourth-order valence-electron chi connectivity index (χ4n) is 9.76. The van der Waals surface area contributed by atoms with Crippen molar-refractivity contribution in [3.05, 3.63) is 60.4 Å². The summed E-state index contributed by atoms with van der Waals surface area (Å²) in [4.78, 5) is 77.4. The van der Waals surface area contributed by atoms with Gasteiger partial charge in [0.05, 0.1) is 43.9 Å². The zero-order valence-electron chi connectivity index (χ0n) is 40.9. The van der Waals surface area contributed by atoms with E-state index in [4.69, 9.17) is 19.2 Å². The monoisotopic (exact) mass is 929 g/mol. The van der Waals surface area contributed by atoms with Crippen LogP contribution in [0.4, 0.5) is 5.69 Å². The van der Waals surface area contributed by atoms with E-state index in [0.29, 0.717) is 39.0 Å². The second-order valence-electron chi connectivity index (χ2n) is 19.3. The van der Waals surface area contributed by atoms with Gasteiger partial charge in [-0.2, -0.15) is 0 Å². The molecule has 3 aliphatic rings. The van der Waals surface area contributed by atoms with E-state index in [1.54, 1.807) is 34.1 Å². The van der Waals surface area contributed by atoms with Crippen molar-refractivity contribution in [2.24, 2.45) is 11.3 Å². The molecule has 366 valence electrons. The van der Waals surface area contributed by atoms with Crippen molar-refractivity contribution >= 4 is 46.2 Å². The maximum Gasteiger partial charge on any atom is 0.324 e. The minimum absolute atomic E-state index is 0.0172. The molecule has 17 nitrogen and oxygen atoms in total. The number of ether oxygens (including phenoxy) is 3. The summed E-state index contributed by atoms with van der Waals surface area (Å²) in [6.45, 7) is 21.2. The number of benzene rings is 1. The van der Waals surface area contributed by atoms with E-state index >= 15 is 0 Å². The average Bonchev–Trinajstić information content (AvgIpc) is 3.89. The van der Waals surface area contributed by atoms with E-state index in [2.05, 4.69) is 71.8 Å². The number of nitrogens with one attached hydrogen (secondary N) is 2. The Morgan fingerprint density at radius 1 is 1.10 bits per heavy atom. The second-order valence-corrected chi connectivity index (χ2v) is 19.3. The number of anilines is 1. The molecule has 5 heterocycles. The van der Waals surface area contributed by atoms with Crippen molar-refractivity contribution in [1.29, 1.82) is 0 Å². The summed E-state index contributed by atoms with van der Waals surface area (Å²) < 4.78 is 19.9. The van der Waals surface area contributed by atoms with Gasteiger partial charge in [0.2, 0.25) is 11.8 Å². The highest BCUT2D eigenvalue weighted by atomic mass is 16.5. The van der Waals surface area contributed by atoms with Crippen LogP contribution in [-0.4, -0.2) is 149 Å². The van der Waals surface area contributed by atoms with E-state index in [-0.39, 0.29) is 44.6 Å². The molecule has 4 amide bonds. The fraction of sp³-hybridized carbons (Fsp3) is 0.600. The summed E-state index contributed by atoms with van der Waals surface area (Å²) in [5, 5.41) is 16.6. The van der Waals surface area contributed by atoms with Crippen molar-refractivity contribution < 1.29 is 43.3 Å². The predicted molar refractivity (Wildman–Crippen MR) is 256 cm³/mol. The van der Waals surface area contributed by atoms with Crippen LogP contribution in [0.2, 0.25) is 0 Å². The number of methoxy groups -OCH3 is 1. The first kappa shape index (κ1) is 51.0. The lowest BCUT2D eigenvalue weighted by Gasteiger charge is -2.37. The maximum atomic E-state index is 14.0. The van der Waals surface area contributed by atoms with Gasteiger partial charge in [0.1, 0.15) is 18.1 Å². The molecule has 1 unspecified atom stereocenters. The number of morpholine rings is 1. The second kappa shape index (κ2) is 21.7. The average molecular weight is 929 g/mol. The van der Waals surface area contributed by atoms with Gasteiger partial charge < -0.3 is 43.9 Å². The Hall–Kier alpha value is -5.36. The van der Waals surface area contributed by atoms with Gasteiger partial charge in [-0.05, 0) is 87.4 Å². The van der Waals surface area contributed by atoms with Gasteiger partial charge in [-0.25, -0.2) is 5.43 Å². The summed E-state index contributed by atoms with van der Waals surface area (Å²) in [6, 6.07) is 7.92. The van der Waals surface area contributed by atoms with Crippen LogP contribution < -0.4 is 15.6 Å². The molecule has 3 aromatic rings. The zero-order valence-corrected chi connectivity index (χ0v) is 40.9. The van der Waals surface area contributed by atoms with E-state index < -0.39 is 58.7 Å². The van der Waals surface area contributed by atoms with Gasteiger partial charge in [0, 0.05) is 87.1 Å². The third-order valence-corrected chi connectivity index (χ3v) is 13.5. The molecule has 67 heavy (non-hydrogen) atoms. The quantitative estimate of drug-likeness (QED) is 0.121. The van der Waals surface area contributed by atoms with Crippen molar-refractivity contribution in [2.75, 3.05) is 71.6 Å². The molecule has 3 fully saturated rings. The summed E-state index contributed by atoms with van der Waals surface area (Å²) >= 11 is 0. The first-order chi connectivity index (χ1) is 31.9. The van der Waals surface area contributed by atoms with E-state index in [0.717, 1.165) is 64.8 Å². The molecular formula is C50H72N8O9. The number of esters is 1. The van der Waals surface area contributed by atoms with E-state index in [1.807, 2.05) is 13.0 Å². The van der Waals surface area contributed by atoms with Gasteiger partial charge in [0.15, 0.2) is 5.60 Å². The number of fused-ring (bicyclic) bond motifs is 1. The van der Waals surface area contributed by atoms with Crippen LogP contribution in [0.5, 0.6) is 0 Å². The number of pyridine rings is 1. The Morgan fingerprint density at radius 3 is 2.49 bits per heavy atom. The van der Waals surface area contributed by atoms with Crippen LogP contribution in [0.25, 0.3) is 22.2 Å². The summed E-state index contributed by atoms with van der Waals surface area (Å²) in [6.07, 6.45) is 4.49. The van der Waals surface area contributed by atoms with Crippen molar-refractivity contribution in [3.63, 3.8) is 0 Å². The highest BCUT2D eigenvalue weighted by Crippen LogP contribution is 2.42. The molecule has 3 aliphatic heterocycles. The van der Waals surface area contributed by atoms with Crippen molar-refractivity contribution in [3.8, 4) is 11.3 Å². The molecule has 0 bridgehead atoms. The molecule has 3 saturated heterocycles. The minimum atomic E-state index is -1.87. The number of aromatic nitrogens is 2. The predicted octanol–water partition coefficient (Wildman–Crippen LogP) is 4.40. The number of hydrogen-bond donors (Lipinski definition) is 3. The highest BCUT2D eigenvalue weighted by Gasteiger charge is 2.48. The largest absolute Gasteiger partial charge is 0.464 e. The number of likely N-dealkylation sites (tertiary alicyclic amines) is 1. The zero-order chi connectivity index (χ0) is 48.8. The number of likely N-dealkylation sites (N-methyl/N-ethyl adjacent to an activating group) is 1. The lowest BCUT2D eigenvalue weighted by molar-refractivity contribution is -0.156. The Kier molecular flexibility index (Phi) is 16.6. The Morgan fingerprint density at radius 2 is 1.84 bits per heavy atom. The molecule has 0 radical (unpaired) electrons. The fourth-order valence-corrected chi connectivity index (χ4v) is 9.76. The standard InChI is InChI=1S/C50H72N8O9/c1-11-38(52-45(60)43(32(4)5)54(9)48(63)50(64)20-23-56(30-50)41(59)12-2)46(61)58-22-15-17-39(53-58)47(62)67-31-49(7,8)29-37-36-28-34(55-24-26-66-27-25-55)18-19-40(36)57(13-3)44(37)35-16-14-21-51-42(35)33(6)65-10/h12,14,16,18-19,21,28,32-33,38-39,43,53,64H,2,11,13,15,17,20,22-27,29-31H2,1,3-10H3,(H,52,60)/t33-,38-,39-,43?,50+/m0/s1. The Labute approximate surface area is 395 Å². The van der Waals surface area contributed by atoms with E-state index in [1.165, 1.54) is 21.9 Å². The van der Waals surface area contributed by atoms with Crippen LogP contribution in [0, 0.1) is 11.3 Å². The van der Waals surface area contributed by atoms with Crippen LogP contribution in [-0.2, 0) is 51.1 Å².